The first kappa shape index (κ1) is 76.1. The van der Waals surface area contributed by atoms with Crippen molar-refractivity contribution in [2.45, 2.75) is 0 Å². The topological polar surface area (TPSA) is 97.1 Å². The van der Waals surface area contributed by atoms with Gasteiger partial charge in [-0.15, -0.1) is 22.7 Å². The number of hydrogen-bond donors (Lipinski definition) is 0. The van der Waals surface area contributed by atoms with Gasteiger partial charge >= 0.3 is 0 Å². The van der Waals surface area contributed by atoms with E-state index in [0.29, 0.717) is 34.9 Å². The Morgan fingerprint density at radius 2 is 0.439 bits per heavy atom. The predicted octanol–water partition coefficient (Wildman–Crippen LogP) is 31.9. The molecule has 0 unspecified atom stereocenters. The van der Waals surface area contributed by atoms with Crippen molar-refractivity contribution in [2.75, 3.05) is 0 Å². The highest BCUT2D eigenvalue weighted by Gasteiger charge is 2.27. The molecule has 12 heteroatoms. The Labute approximate surface area is 766 Å². The number of aromatic nitrogens is 10. The summed E-state index contributed by atoms with van der Waals surface area (Å²) >= 11 is 3.58. The van der Waals surface area contributed by atoms with E-state index in [4.69, 9.17) is 29.9 Å². The van der Waals surface area contributed by atoms with E-state index in [1.807, 2.05) is 72.8 Å². The van der Waals surface area contributed by atoms with Crippen molar-refractivity contribution in [3.05, 3.63) is 449 Å². The molecule has 27 rings (SSSR count). The van der Waals surface area contributed by atoms with Gasteiger partial charge in [0.05, 0.1) is 49.8 Å². The number of rotatable bonds is 13. The Morgan fingerprint density at radius 1 is 0.152 bits per heavy atom. The van der Waals surface area contributed by atoms with E-state index < -0.39 is 0 Å². The van der Waals surface area contributed by atoms with Gasteiger partial charge in [0.25, 0.3) is 0 Å². The van der Waals surface area contributed by atoms with E-state index in [1.165, 1.54) is 96.1 Å². The van der Waals surface area contributed by atoms with Crippen LogP contribution in [-0.4, -0.2) is 48.2 Å². The van der Waals surface area contributed by atoms with Crippen molar-refractivity contribution in [3.8, 4) is 124 Å². The van der Waals surface area contributed by atoms with E-state index in [2.05, 4.69) is 394 Å². The minimum atomic E-state index is 0.642. The highest BCUT2D eigenvalue weighted by atomic mass is 32.1. The standard InChI is InChI=1S/C63H39N5S.C57H35N5S/c1-5-19-40(20-6-1)61-64-62(41-21-7-2-8-22-41)66-63(65-61)54-36-43(35-53-50-30-16-18-32-59(50)69-60(53)54)47-28-14-13-27-46(47)42-33-34-49-52-38-51-48-29-15-17-31-55(48)67(44-23-9-3-10-24-44)57(51)39-58(52)68(56(49)37-42)45-25-11-4-12-26-45;1-4-18-36(19-5-1)55-58-56(37-20-6-2-7-21-37)60-57(59-55)47-33-38(32-46-43-27-13-17-31-53(43)63-54(46)47)40-24-10-14-28-48(40)62-50-30-16-12-26-42(50)45-34-44-41-25-11-15-29-49(41)61(51(44)35-52(45)62)39-22-8-3-9-23-39/h1-39H;1-35H. The van der Waals surface area contributed by atoms with Gasteiger partial charge in [0, 0.05) is 139 Å². The highest BCUT2D eigenvalue weighted by molar-refractivity contribution is 7.26. The predicted molar refractivity (Wildman–Crippen MR) is 552 cm³/mol. The Morgan fingerprint density at radius 3 is 0.848 bits per heavy atom. The fraction of sp³-hybridized carbons (Fsp3) is 0. The third kappa shape index (κ3) is 12.7. The zero-order valence-corrected chi connectivity index (χ0v) is 72.6. The average molecular weight is 1720 g/mol. The molecule has 19 aromatic carbocycles. The van der Waals surface area contributed by atoms with Crippen LogP contribution in [0.15, 0.2) is 449 Å². The molecule has 8 heterocycles. The Hall–Kier alpha value is -17.2. The Balaban J connectivity index is 0.000000139. The lowest BCUT2D eigenvalue weighted by atomic mass is 9.92. The fourth-order valence-corrected chi connectivity index (χ4v) is 22.3. The minimum absolute atomic E-state index is 0.642. The van der Waals surface area contributed by atoms with E-state index in [1.54, 1.807) is 22.7 Å². The molecule has 0 saturated carbocycles. The molecule has 0 N–H and O–H groups in total. The molecule has 8 aromatic heterocycles. The second-order valence-corrected chi connectivity index (χ2v) is 35.6. The minimum Gasteiger partial charge on any atom is -0.309 e. The maximum atomic E-state index is 5.27. The second kappa shape index (κ2) is 31.4. The summed E-state index contributed by atoms with van der Waals surface area (Å²) in [4.78, 5) is 31.2. The molecule has 0 aliphatic carbocycles. The van der Waals surface area contributed by atoms with Gasteiger partial charge in [-0.2, -0.15) is 0 Å². The van der Waals surface area contributed by atoms with Gasteiger partial charge in [-0.05, 0) is 155 Å². The van der Waals surface area contributed by atoms with Gasteiger partial charge in [0.2, 0.25) is 0 Å². The molecule has 0 aliphatic heterocycles. The molecule has 27 aromatic rings. The number of nitrogens with zero attached hydrogens (tertiary/aromatic N) is 10. The van der Waals surface area contributed by atoms with Crippen LogP contribution in [0, 0.1) is 0 Å². The molecule has 0 radical (unpaired) electrons. The van der Waals surface area contributed by atoms with Crippen LogP contribution in [0.2, 0.25) is 0 Å². The average Bonchev–Trinajstić information content (AvgIpc) is 1.56. The number of para-hydroxylation sites is 7. The van der Waals surface area contributed by atoms with Crippen molar-refractivity contribution in [3.63, 3.8) is 0 Å². The van der Waals surface area contributed by atoms with Crippen LogP contribution in [0.4, 0.5) is 0 Å². The molecule has 0 aliphatic rings. The van der Waals surface area contributed by atoms with Gasteiger partial charge in [0.15, 0.2) is 34.9 Å². The number of fused-ring (bicyclic) bond motifs is 18. The van der Waals surface area contributed by atoms with Crippen LogP contribution >= 0.6 is 22.7 Å². The lowest BCUT2D eigenvalue weighted by Gasteiger charge is -2.16. The normalized spacial score (nSPS) is 11.8. The third-order valence-electron chi connectivity index (χ3n) is 25.9. The lowest BCUT2D eigenvalue weighted by Crippen LogP contribution is -2.01. The molecular formula is C120H74N10S2. The van der Waals surface area contributed by atoms with Crippen LogP contribution in [0.5, 0.6) is 0 Å². The molecule has 10 nitrogen and oxygen atoms in total. The zero-order valence-electron chi connectivity index (χ0n) is 71.0. The molecule has 616 valence electrons. The SMILES string of the molecule is c1ccc(-c2nc(-c3ccccc3)nc(-c3cc(-c4ccccc4-c4ccc5c6cc7c8ccccc8n(-c8ccccc8)c7cc6n(-c6ccccc6)c5c4)cc4c3sc3ccccc34)n2)cc1.c1ccc(-c2nc(-c3ccccc3)nc(-c3cc(-c4ccccc4-n4c5ccccc5c5cc6c7ccccc7n(-c7ccccc7)c6cc54)cc4c3sc3ccccc34)n2)cc1. The van der Waals surface area contributed by atoms with Gasteiger partial charge in [-0.1, -0.05) is 322 Å². The quantitative estimate of drug-likeness (QED) is 0.114. The van der Waals surface area contributed by atoms with E-state index in [9.17, 15) is 0 Å². The van der Waals surface area contributed by atoms with Gasteiger partial charge in [-0.3, -0.25) is 0 Å². The van der Waals surface area contributed by atoms with Crippen LogP contribution in [0.1, 0.15) is 0 Å². The molecule has 0 saturated heterocycles. The molecule has 0 fully saturated rings. The van der Waals surface area contributed by atoms with E-state index >= 15 is 0 Å². The molecule has 132 heavy (non-hydrogen) atoms. The summed E-state index contributed by atoms with van der Waals surface area (Å²) in [6.45, 7) is 0. The molecular weight excluding hydrogens is 1650 g/mol. The summed E-state index contributed by atoms with van der Waals surface area (Å²) in [7, 11) is 0. The summed E-state index contributed by atoms with van der Waals surface area (Å²) in [5.74, 6) is 3.86. The number of benzene rings is 19. The highest BCUT2D eigenvalue weighted by Crippen LogP contribution is 2.50. The van der Waals surface area contributed by atoms with Gasteiger partial charge < -0.3 is 18.3 Å². The first-order chi connectivity index (χ1) is 65.5. The summed E-state index contributed by atoms with van der Waals surface area (Å²) in [5.41, 5.74) is 26.3. The third-order valence-corrected chi connectivity index (χ3v) is 28.4. The molecule has 0 bridgehead atoms. The van der Waals surface area contributed by atoms with Crippen molar-refractivity contribution in [2.24, 2.45) is 0 Å². The Bertz CT molecular complexity index is 9150. The van der Waals surface area contributed by atoms with E-state index in [0.717, 1.165) is 121 Å². The van der Waals surface area contributed by atoms with Crippen molar-refractivity contribution >= 4 is 150 Å². The smallest absolute Gasteiger partial charge is 0.165 e. The summed E-state index contributed by atoms with van der Waals surface area (Å²) in [6.07, 6.45) is 0. The van der Waals surface area contributed by atoms with Crippen molar-refractivity contribution in [1.29, 1.82) is 0 Å². The summed E-state index contributed by atoms with van der Waals surface area (Å²) < 4.78 is 14.5. The van der Waals surface area contributed by atoms with E-state index in [-0.39, 0.29) is 0 Å². The van der Waals surface area contributed by atoms with Crippen LogP contribution < -0.4 is 0 Å². The maximum absolute atomic E-state index is 5.27. The molecule has 0 spiro atoms. The van der Waals surface area contributed by atoms with Gasteiger partial charge in [-0.25, -0.2) is 29.9 Å². The second-order valence-electron chi connectivity index (χ2n) is 33.5. The zero-order chi connectivity index (χ0) is 86.9. The largest absolute Gasteiger partial charge is 0.309 e. The van der Waals surface area contributed by atoms with Crippen LogP contribution in [0.25, 0.3) is 252 Å². The van der Waals surface area contributed by atoms with Crippen LogP contribution in [0.3, 0.4) is 0 Å². The number of thiophene rings is 2. The molecule has 0 amide bonds. The van der Waals surface area contributed by atoms with Crippen molar-refractivity contribution < 1.29 is 0 Å². The summed E-state index contributed by atoms with van der Waals surface area (Å²) in [6, 6.07) is 160. The first-order valence-electron chi connectivity index (χ1n) is 44.5. The first-order valence-corrected chi connectivity index (χ1v) is 46.1. The van der Waals surface area contributed by atoms with Crippen molar-refractivity contribution in [1.82, 2.24) is 48.2 Å². The fourth-order valence-electron chi connectivity index (χ4n) is 20.0. The lowest BCUT2D eigenvalue weighted by molar-refractivity contribution is 1.08. The molecule has 0 atom stereocenters. The summed E-state index contributed by atoms with van der Waals surface area (Å²) in [5, 5.41) is 14.6. The number of hydrogen-bond acceptors (Lipinski definition) is 8. The van der Waals surface area contributed by atoms with Crippen LogP contribution in [-0.2, 0) is 0 Å². The van der Waals surface area contributed by atoms with Gasteiger partial charge in [0.1, 0.15) is 0 Å². The monoisotopic (exact) mass is 1720 g/mol. The maximum Gasteiger partial charge on any atom is 0.165 e. The Kier molecular flexibility index (Phi) is 18.1.